The smallest absolute Gasteiger partial charge is 0.166 e. The van der Waals surface area contributed by atoms with Crippen LogP contribution in [0.5, 0.6) is 11.5 Å². The van der Waals surface area contributed by atoms with Gasteiger partial charge < -0.3 is 10.5 Å². The third-order valence-corrected chi connectivity index (χ3v) is 2.57. The number of benzene rings is 2. The quantitative estimate of drug-likeness (QED) is 0.875. The van der Waals surface area contributed by atoms with Crippen molar-refractivity contribution in [3.8, 4) is 11.5 Å². The van der Waals surface area contributed by atoms with E-state index < -0.39 is 17.5 Å². The van der Waals surface area contributed by atoms with Gasteiger partial charge in [0.1, 0.15) is 10.7 Å². The van der Waals surface area contributed by atoms with Crippen LogP contribution in [0.25, 0.3) is 0 Å². The van der Waals surface area contributed by atoms with E-state index in [4.69, 9.17) is 22.7 Å². The molecule has 0 unspecified atom stereocenters. The maximum absolute atomic E-state index is 13.7. The van der Waals surface area contributed by atoms with Gasteiger partial charge in [-0.15, -0.1) is 0 Å². The summed E-state index contributed by atoms with van der Waals surface area (Å²) in [6.45, 7) is 0. The number of halogens is 3. The Morgan fingerprint density at radius 3 is 2.26 bits per heavy atom. The molecule has 0 fully saturated rings. The fourth-order valence-corrected chi connectivity index (χ4v) is 1.53. The molecule has 0 saturated carbocycles. The van der Waals surface area contributed by atoms with Crippen LogP contribution in [-0.4, -0.2) is 4.99 Å². The highest BCUT2D eigenvalue weighted by atomic mass is 32.1. The van der Waals surface area contributed by atoms with Crippen molar-refractivity contribution < 1.29 is 17.9 Å². The molecule has 2 nitrogen and oxygen atoms in total. The van der Waals surface area contributed by atoms with Crippen LogP contribution in [0.4, 0.5) is 13.2 Å². The van der Waals surface area contributed by atoms with Crippen molar-refractivity contribution in [3.63, 3.8) is 0 Å². The van der Waals surface area contributed by atoms with Gasteiger partial charge >= 0.3 is 0 Å². The highest BCUT2D eigenvalue weighted by Gasteiger charge is 2.09. The molecule has 0 radical (unpaired) electrons. The molecule has 0 aromatic heterocycles. The Morgan fingerprint density at radius 1 is 0.947 bits per heavy atom. The Labute approximate surface area is 112 Å². The molecule has 0 saturated heterocycles. The van der Waals surface area contributed by atoms with Crippen molar-refractivity contribution in [1.29, 1.82) is 0 Å². The number of nitrogens with two attached hydrogens (primary N) is 1. The first-order chi connectivity index (χ1) is 8.97. The van der Waals surface area contributed by atoms with Crippen molar-refractivity contribution in [2.75, 3.05) is 0 Å². The van der Waals surface area contributed by atoms with E-state index in [1.165, 1.54) is 18.2 Å². The maximum atomic E-state index is 13.7. The van der Waals surface area contributed by atoms with Gasteiger partial charge in [-0.3, -0.25) is 0 Å². The van der Waals surface area contributed by atoms with Crippen molar-refractivity contribution in [1.82, 2.24) is 0 Å². The van der Waals surface area contributed by atoms with Gasteiger partial charge in [0.2, 0.25) is 0 Å². The minimum atomic E-state index is -1.07. The summed E-state index contributed by atoms with van der Waals surface area (Å²) in [7, 11) is 0. The van der Waals surface area contributed by atoms with E-state index in [1.54, 1.807) is 0 Å². The molecule has 0 aliphatic heterocycles. The number of thiocarbonyl (C=S) groups is 1. The molecule has 0 aliphatic rings. The van der Waals surface area contributed by atoms with Gasteiger partial charge in [0.15, 0.2) is 23.2 Å². The SMILES string of the molecule is NC(=S)c1ccc(Oc2ccc(F)c(F)c2)c(F)c1. The summed E-state index contributed by atoms with van der Waals surface area (Å²) in [6, 6.07) is 6.81. The van der Waals surface area contributed by atoms with Gasteiger partial charge in [0.05, 0.1) is 0 Å². The molecule has 0 spiro atoms. The molecular weight excluding hydrogens is 275 g/mol. The zero-order valence-corrected chi connectivity index (χ0v) is 10.3. The molecule has 2 aromatic carbocycles. The molecule has 0 atom stereocenters. The fourth-order valence-electron chi connectivity index (χ4n) is 1.40. The number of ether oxygens (including phenoxy) is 1. The zero-order chi connectivity index (χ0) is 14.0. The normalized spacial score (nSPS) is 10.3. The first-order valence-electron chi connectivity index (χ1n) is 5.19. The minimum absolute atomic E-state index is 0.0131. The van der Waals surface area contributed by atoms with Crippen molar-refractivity contribution in [3.05, 3.63) is 59.4 Å². The topological polar surface area (TPSA) is 35.2 Å². The lowest BCUT2D eigenvalue weighted by Crippen LogP contribution is -2.09. The fraction of sp³-hybridized carbons (Fsp3) is 0. The van der Waals surface area contributed by atoms with Crippen molar-refractivity contribution in [2.45, 2.75) is 0 Å². The molecule has 2 rings (SSSR count). The van der Waals surface area contributed by atoms with E-state index in [-0.39, 0.29) is 16.5 Å². The van der Waals surface area contributed by atoms with Crippen LogP contribution in [0, 0.1) is 17.5 Å². The maximum Gasteiger partial charge on any atom is 0.166 e. The minimum Gasteiger partial charge on any atom is -0.454 e. The highest BCUT2D eigenvalue weighted by Crippen LogP contribution is 2.26. The van der Waals surface area contributed by atoms with Crippen LogP contribution in [0.1, 0.15) is 5.56 Å². The molecule has 2 aromatic rings. The summed E-state index contributed by atoms with van der Waals surface area (Å²) in [5.41, 5.74) is 5.71. The number of hydrogen-bond acceptors (Lipinski definition) is 2. The van der Waals surface area contributed by atoms with Gasteiger partial charge in [0.25, 0.3) is 0 Å². The lowest BCUT2D eigenvalue weighted by Gasteiger charge is -2.08. The number of hydrogen-bond donors (Lipinski definition) is 1. The van der Waals surface area contributed by atoms with E-state index in [9.17, 15) is 13.2 Å². The van der Waals surface area contributed by atoms with Crippen LogP contribution in [0.3, 0.4) is 0 Å². The van der Waals surface area contributed by atoms with Gasteiger partial charge in [-0.25, -0.2) is 13.2 Å². The lowest BCUT2D eigenvalue weighted by molar-refractivity contribution is 0.432. The molecule has 0 bridgehead atoms. The summed E-state index contributed by atoms with van der Waals surface area (Å²) in [6.07, 6.45) is 0. The molecule has 0 amide bonds. The first-order valence-corrected chi connectivity index (χ1v) is 5.60. The third kappa shape index (κ3) is 3.03. The Hall–Kier alpha value is -2.08. The van der Waals surface area contributed by atoms with Crippen LogP contribution < -0.4 is 10.5 Å². The van der Waals surface area contributed by atoms with Gasteiger partial charge in [-0.2, -0.15) is 0 Å². The summed E-state index contributed by atoms with van der Waals surface area (Å²) < 4.78 is 44.5. The largest absolute Gasteiger partial charge is 0.454 e. The van der Waals surface area contributed by atoms with Crippen LogP contribution in [0.2, 0.25) is 0 Å². The Kier molecular flexibility index (Phi) is 3.71. The van der Waals surface area contributed by atoms with Gasteiger partial charge in [0, 0.05) is 11.6 Å². The van der Waals surface area contributed by atoms with Gasteiger partial charge in [-0.05, 0) is 30.3 Å². The molecule has 6 heteroatoms. The van der Waals surface area contributed by atoms with E-state index >= 15 is 0 Å². The van der Waals surface area contributed by atoms with Crippen LogP contribution >= 0.6 is 12.2 Å². The van der Waals surface area contributed by atoms with Gasteiger partial charge in [-0.1, -0.05) is 12.2 Å². The summed E-state index contributed by atoms with van der Waals surface area (Å²) in [5, 5.41) is 0. The van der Waals surface area contributed by atoms with E-state index in [0.29, 0.717) is 5.56 Å². The first kappa shape index (κ1) is 13.4. The molecule has 19 heavy (non-hydrogen) atoms. The molecule has 98 valence electrons. The second-order valence-electron chi connectivity index (χ2n) is 3.69. The molecule has 0 aliphatic carbocycles. The number of rotatable bonds is 3. The molecule has 2 N–H and O–H groups in total. The van der Waals surface area contributed by atoms with E-state index in [2.05, 4.69) is 0 Å². The van der Waals surface area contributed by atoms with Crippen molar-refractivity contribution >= 4 is 17.2 Å². The van der Waals surface area contributed by atoms with E-state index in [0.717, 1.165) is 18.2 Å². The van der Waals surface area contributed by atoms with Crippen LogP contribution in [0.15, 0.2) is 36.4 Å². The summed E-state index contributed by atoms with van der Waals surface area (Å²) in [4.78, 5) is 0.0540. The zero-order valence-electron chi connectivity index (χ0n) is 9.49. The highest BCUT2D eigenvalue weighted by molar-refractivity contribution is 7.80. The predicted octanol–water partition coefficient (Wildman–Crippen LogP) is 3.53. The Balaban J connectivity index is 2.28. The lowest BCUT2D eigenvalue weighted by atomic mass is 10.2. The second kappa shape index (κ2) is 5.27. The van der Waals surface area contributed by atoms with Crippen LogP contribution in [-0.2, 0) is 0 Å². The average Bonchev–Trinajstić information content (AvgIpc) is 2.36. The summed E-state index contributed by atoms with van der Waals surface area (Å²) in [5.74, 6) is -2.92. The third-order valence-electron chi connectivity index (χ3n) is 2.34. The Morgan fingerprint density at radius 2 is 1.68 bits per heavy atom. The molecular formula is C13H8F3NOS. The standard InChI is InChI=1S/C13H8F3NOS/c14-9-3-2-8(6-10(9)15)18-12-4-1-7(13(17)19)5-11(12)16/h1-6H,(H2,17,19). The Bertz CT molecular complexity index is 646. The predicted molar refractivity (Wildman–Crippen MR) is 68.7 cm³/mol. The van der Waals surface area contributed by atoms with E-state index in [1.807, 2.05) is 0 Å². The van der Waals surface area contributed by atoms with Crippen molar-refractivity contribution in [2.24, 2.45) is 5.73 Å². The molecule has 0 heterocycles. The monoisotopic (exact) mass is 283 g/mol. The second-order valence-corrected chi connectivity index (χ2v) is 4.13. The average molecular weight is 283 g/mol. The summed E-state index contributed by atoms with van der Waals surface area (Å²) >= 11 is 4.71.